The summed E-state index contributed by atoms with van der Waals surface area (Å²) in [6.45, 7) is 8.64. The number of ether oxygens (including phenoxy) is 2. The maximum atomic E-state index is 12.4. The number of nitrogens with two attached hydrogens (primary N) is 1. The fraction of sp³-hybridized carbons (Fsp3) is 0.550. The molecule has 28 heavy (non-hydrogen) atoms. The standard InChI is InChI=1S/C20H30N2O6/c1-11(2)16(21)18(24)22-17(12(3)4)20(26)28-13(5)10-27-19(25)14-6-8-15(23)9-7-14/h6-9,11-13,16-17,23H,10,21H2,1-5H3,(H,22,24)/t13?,16-,17-/m1/s1. The van der Waals surface area contributed by atoms with Gasteiger partial charge in [0.15, 0.2) is 0 Å². The predicted octanol–water partition coefficient (Wildman–Crippen LogP) is 1.60. The van der Waals surface area contributed by atoms with Crippen LogP contribution in [-0.2, 0) is 19.1 Å². The second-order valence-electron chi connectivity index (χ2n) is 7.39. The number of hydrogen-bond donors (Lipinski definition) is 3. The zero-order chi connectivity index (χ0) is 21.4. The van der Waals surface area contributed by atoms with Crippen LogP contribution >= 0.6 is 0 Å². The predicted molar refractivity (Wildman–Crippen MR) is 104 cm³/mol. The lowest BCUT2D eigenvalue weighted by molar-refractivity contribution is -0.155. The van der Waals surface area contributed by atoms with E-state index in [4.69, 9.17) is 15.2 Å². The van der Waals surface area contributed by atoms with Crippen molar-refractivity contribution in [1.29, 1.82) is 0 Å². The number of amides is 1. The van der Waals surface area contributed by atoms with Crippen LogP contribution in [0.2, 0.25) is 0 Å². The highest BCUT2D eigenvalue weighted by Crippen LogP contribution is 2.12. The van der Waals surface area contributed by atoms with Crippen LogP contribution in [0.25, 0.3) is 0 Å². The molecule has 1 amide bonds. The number of phenolic OH excluding ortho intramolecular Hbond substituents is 1. The Balaban J connectivity index is 2.58. The lowest BCUT2D eigenvalue weighted by Crippen LogP contribution is -2.53. The highest BCUT2D eigenvalue weighted by atomic mass is 16.6. The Kier molecular flexibility index (Phi) is 8.91. The van der Waals surface area contributed by atoms with Crippen molar-refractivity contribution in [3.63, 3.8) is 0 Å². The molecule has 0 radical (unpaired) electrons. The van der Waals surface area contributed by atoms with Crippen molar-refractivity contribution in [2.75, 3.05) is 6.61 Å². The lowest BCUT2D eigenvalue weighted by atomic mass is 10.0. The molecule has 0 aliphatic heterocycles. The number of esters is 2. The first-order chi connectivity index (χ1) is 13.0. The average molecular weight is 394 g/mol. The first kappa shape index (κ1) is 23.4. The molecule has 8 heteroatoms. The van der Waals surface area contributed by atoms with Crippen LogP contribution in [0, 0.1) is 11.8 Å². The van der Waals surface area contributed by atoms with E-state index in [0.29, 0.717) is 0 Å². The Morgan fingerprint density at radius 3 is 2.11 bits per heavy atom. The molecule has 0 heterocycles. The fourth-order valence-electron chi connectivity index (χ4n) is 2.23. The number of hydrogen-bond acceptors (Lipinski definition) is 7. The van der Waals surface area contributed by atoms with Crippen LogP contribution in [0.3, 0.4) is 0 Å². The molecule has 0 fully saturated rings. The summed E-state index contributed by atoms with van der Waals surface area (Å²) < 4.78 is 10.4. The second-order valence-corrected chi connectivity index (χ2v) is 7.39. The van der Waals surface area contributed by atoms with E-state index >= 15 is 0 Å². The summed E-state index contributed by atoms with van der Waals surface area (Å²) in [7, 11) is 0. The maximum Gasteiger partial charge on any atom is 0.338 e. The molecule has 0 aliphatic rings. The molecule has 1 aromatic rings. The van der Waals surface area contributed by atoms with Gasteiger partial charge in [-0.15, -0.1) is 0 Å². The van der Waals surface area contributed by atoms with E-state index in [9.17, 15) is 19.5 Å². The van der Waals surface area contributed by atoms with Crippen molar-refractivity contribution in [3.8, 4) is 5.75 Å². The van der Waals surface area contributed by atoms with Crippen molar-refractivity contribution in [2.24, 2.45) is 17.6 Å². The quantitative estimate of drug-likeness (QED) is 0.543. The van der Waals surface area contributed by atoms with Crippen molar-refractivity contribution in [1.82, 2.24) is 5.32 Å². The van der Waals surface area contributed by atoms with Crippen molar-refractivity contribution in [3.05, 3.63) is 29.8 Å². The van der Waals surface area contributed by atoms with E-state index in [1.54, 1.807) is 20.8 Å². The topological polar surface area (TPSA) is 128 Å². The highest BCUT2D eigenvalue weighted by molar-refractivity contribution is 5.89. The number of aromatic hydroxyl groups is 1. The molecule has 0 spiro atoms. The van der Waals surface area contributed by atoms with Gasteiger partial charge in [-0.25, -0.2) is 9.59 Å². The summed E-state index contributed by atoms with van der Waals surface area (Å²) in [4.78, 5) is 36.5. The van der Waals surface area contributed by atoms with Gasteiger partial charge in [-0.2, -0.15) is 0 Å². The van der Waals surface area contributed by atoms with Gasteiger partial charge in [0.2, 0.25) is 5.91 Å². The van der Waals surface area contributed by atoms with Crippen LogP contribution < -0.4 is 11.1 Å². The van der Waals surface area contributed by atoms with E-state index in [0.717, 1.165) is 0 Å². The molecule has 3 atom stereocenters. The Hall–Kier alpha value is -2.61. The average Bonchev–Trinajstić information content (AvgIpc) is 2.63. The molecular formula is C20H30N2O6. The third kappa shape index (κ3) is 7.19. The molecule has 0 aliphatic carbocycles. The molecule has 0 saturated carbocycles. The summed E-state index contributed by atoms with van der Waals surface area (Å²) in [5.74, 6) is -1.87. The molecule has 4 N–H and O–H groups in total. The van der Waals surface area contributed by atoms with E-state index in [-0.39, 0.29) is 29.8 Å². The summed E-state index contributed by atoms with van der Waals surface area (Å²) in [5.41, 5.74) is 6.09. The van der Waals surface area contributed by atoms with Gasteiger partial charge in [-0.3, -0.25) is 4.79 Å². The van der Waals surface area contributed by atoms with E-state index in [2.05, 4.69) is 5.32 Å². The van der Waals surface area contributed by atoms with Gasteiger partial charge < -0.3 is 25.6 Å². The van der Waals surface area contributed by atoms with Crippen LogP contribution in [0.15, 0.2) is 24.3 Å². The smallest absolute Gasteiger partial charge is 0.338 e. The number of benzene rings is 1. The number of rotatable bonds is 9. The molecule has 0 saturated heterocycles. The zero-order valence-electron chi connectivity index (χ0n) is 17.0. The number of carbonyl (C=O) groups excluding carboxylic acids is 3. The number of nitrogens with one attached hydrogen (secondary N) is 1. The number of phenols is 1. The van der Waals surface area contributed by atoms with Gasteiger partial charge in [-0.05, 0) is 43.0 Å². The van der Waals surface area contributed by atoms with Gasteiger partial charge in [0.05, 0.1) is 11.6 Å². The Bertz CT molecular complexity index is 672. The van der Waals surface area contributed by atoms with Crippen molar-refractivity contribution in [2.45, 2.75) is 52.8 Å². The molecule has 0 bridgehead atoms. The van der Waals surface area contributed by atoms with Gasteiger partial charge in [0.1, 0.15) is 24.5 Å². The third-order valence-electron chi connectivity index (χ3n) is 4.11. The molecular weight excluding hydrogens is 364 g/mol. The molecule has 156 valence electrons. The third-order valence-corrected chi connectivity index (χ3v) is 4.11. The second kappa shape index (κ2) is 10.7. The minimum atomic E-state index is -0.854. The molecule has 1 unspecified atom stereocenters. The molecule has 8 nitrogen and oxygen atoms in total. The lowest BCUT2D eigenvalue weighted by Gasteiger charge is -2.25. The van der Waals surface area contributed by atoms with Gasteiger partial charge in [0.25, 0.3) is 0 Å². The SMILES string of the molecule is CC(COC(=O)c1ccc(O)cc1)OC(=O)[C@H](NC(=O)[C@H](N)C(C)C)C(C)C. The summed E-state index contributed by atoms with van der Waals surface area (Å²) in [6, 6.07) is 4.02. The Morgan fingerprint density at radius 2 is 1.61 bits per heavy atom. The van der Waals surface area contributed by atoms with E-state index in [1.807, 2.05) is 13.8 Å². The Morgan fingerprint density at radius 1 is 1.04 bits per heavy atom. The van der Waals surface area contributed by atoms with E-state index < -0.39 is 36.0 Å². The first-order valence-electron chi connectivity index (χ1n) is 9.25. The minimum absolute atomic E-state index is 0.0396. The van der Waals surface area contributed by atoms with Crippen LogP contribution in [0.4, 0.5) is 0 Å². The fourth-order valence-corrected chi connectivity index (χ4v) is 2.23. The highest BCUT2D eigenvalue weighted by Gasteiger charge is 2.29. The van der Waals surface area contributed by atoms with Gasteiger partial charge >= 0.3 is 11.9 Å². The maximum absolute atomic E-state index is 12.4. The summed E-state index contributed by atoms with van der Waals surface area (Å²) in [5, 5.41) is 11.9. The largest absolute Gasteiger partial charge is 0.508 e. The molecule has 1 rings (SSSR count). The normalized spacial score (nSPS) is 14.3. The van der Waals surface area contributed by atoms with Crippen molar-refractivity contribution < 1.29 is 29.0 Å². The number of carbonyl (C=O) groups is 3. The minimum Gasteiger partial charge on any atom is -0.508 e. The van der Waals surface area contributed by atoms with Gasteiger partial charge in [-0.1, -0.05) is 27.7 Å². The molecule has 0 aromatic heterocycles. The monoisotopic (exact) mass is 394 g/mol. The zero-order valence-corrected chi connectivity index (χ0v) is 17.0. The first-order valence-corrected chi connectivity index (χ1v) is 9.25. The molecule has 1 aromatic carbocycles. The van der Waals surface area contributed by atoms with Gasteiger partial charge in [0, 0.05) is 0 Å². The summed E-state index contributed by atoms with van der Waals surface area (Å²) >= 11 is 0. The van der Waals surface area contributed by atoms with Crippen LogP contribution in [0.5, 0.6) is 5.75 Å². The summed E-state index contributed by atoms with van der Waals surface area (Å²) in [6.07, 6.45) is -0.703. The van der Waals surface area contributed by atoms with Crippen molar-refractivity contribution >= 4 is 17.8 Å². The Labute approximate surface area is 165 Å². The van der Waals surface area contributed by atoms with Crippen LogP contribution in [-0.4, -0.2) is 47.7 Å². The van der Waals surface area contributed by atoms with Crippen LogP contribution in [0.1, 0.15) is 45.0 Å². The van der Waals surface area contributed by atoms with E-state index in [1.165, 1.54) is 24.3 Å².